The van der Waals surface area contributed by atoms with Crippen molar-refractivity contribution in [1.29, 1.82) is 0 Å². The third kappa shape index (κ3) is 5.30. The molecule has 1 aliphatic rings. The van der Waals surface area contributed by atoms with Gasteiger partial charge in [-0.25, -0.2) is 12.8 Å². The first-order chi connectivity index (χ1) is 14.3. The molecule has 6 nitrogen and oxygen atoms in total. The molecule has 0 spiro atoms. The lowest BCUT2D eigenvalue weighted by molar-refractivity contribution is 0.0724. The van der Waals surface area contributed by atoms with Gasteiger partial charge in [0.2, 0.25) is 10.0 Å². The van der Waals surface area contributed by atoms with Gasteiger partial charge in [0.25, 0.3) is 5.91 Å². The van der Waals surface area contributed by atoms with E-state index in [0.29, 0.717) is 29.2 Å². The fourth-order valence-corrected chi connectivity index (χ4v) is 4.45. The number of benzene rings is 2. The minimum atomic E-state index is -3.65. The van der Waals surface area contributed by atoms with Gasteiger partial charge in [0.05, 0.1) is 25.1 Å². The Morgan fingerprint density at radius 1 is 1.10 bits per heavy atom. The van der Waals surface area contributed by atoms with Gasteiger partial charge in [-0.15, -0.1) is 0 Å². The summed E-state index contributed by atoms with van der Waals surface area (Å²) in [7, 11) is -3.65. The molecule has 1 fully saturated rings. The van der Waals surface area contributed by atoms with Crippen LogP contribution in [0.25, 0.3) is 0 Å². The van der Waals surface area contributed by atoms with Crippen molar-refractivity contribution in [1.82, 2.24) is 4.90 Å². The molecular formula is C22H27FN2O4S. The van der Waals surface area contributed by atoms with Crippen molar-refractivity contribution < 1.29 is 22.3 Å². The highest BCUT2D eigenvalue weighted by Gasteiger charge is 2.23. The molecule has 3 rings (SSSR count). The normalized spacial score (nSPS) is 14.4. The topological polar surface area (TPSA) is 66.9 Å². The van der Waals surface area contributed by atoms with Gasteiger partial charge in [-0.3, -0.25) is 9.10 Å². The molecule has 30 heavy (non-hydrogen) atoms. The zero-order chi connectivity index (χ0) is 21.7. The summed E-state index contributed by atoms with van der Waals surface area (Å²) in [6, 6.07) is 10.4. The number of likely N-dealkylation sites (tertiary alicyclic amines) is 1. The molecule has 2 aromatic carbocycles. The van der Waals surface area contributed by atoms with Gasteiger partial charge < -0.3 is 9.64 Å². The average molecular weight is 435 g/mol. The molecule has 1 heterocycles. The van der Waals surface area contributed by atoms with Crippen LogP contribution in [0.4, 0.5) is 10.1 Å². The van der Waals surface area contributed by atoms with Crippen molar-refractivity contribution in [3.8, 4) is 5.75 Å². The summed E-state index contributed by atoms with van der Waals surface area (Å²) in [6.45, 7) is 3.67. The SMILES string of the molecule is CCOc1ccc(C(=O)N2CCCCC2)cc1CN(c1ccc(F)cc1)S(C)(=O)=O. The summed E-state index contributed by atoms with van der Waals surface area (Å²) in [5.41, 5.74) is 1.42. The van der Waals surface area contributed by atoms with Crippen LogP contribution in [0.2, 0.25) is 0 Å². The minimum absolute atomic E-state index is 0.0269. The maximum absolute atomic E-state index is 13.3. The summed E-state index contributed by atoms with van der Waals surface area (Å²) >= 11 is 0. The lowest BCUT2D eigenvalue weighted by Gasteiger charge is -2.27. The summed E-state index contributed by atoms with van der Waals surface area (Å²) in [6.07, 6.45) is 4.20. The lowest BCUT2D eigenvalue weighted by Crippen LogP contribution is -2.35. The molecule has 2 aromatic rings. The zero-order valence-corrected chi connectivity index (χ0v) is 18.1. The lowest BCUT2D eigenvalue weighted by atomic mass is 10.1. The van der Waals surface area contributed by atoms with Gasteiger partial charge in [-0.2, -0.15) is 0 Å². The van der Waals surface area contributed by atoms with E-state index >= 15 is 0 Å². The maximum Gasteiger partial charge on any atom is 0.253 e. The third-order valence-corrected chi connectivity index (χ3v) is 6.22. The molecule has 1 aliphatic heterocycles. The quantitative estimate of drug-likeness (QED) is 0.665. The van der Waals surface area contributed by atoms with Crippen molar-refractivity contribution >= 4 is 21.6 Å². The molecule has 1 saturated heterocycles. The Kier molecular flexibility index (Phi) is 6.97. The van der Waals surface area contributed by atoms with Crippen molar-refractivity contribution in [2.75, 3.05) is 30.3 Å². The molecule has 0 N–H and O–H groups in total. The van der Waals surface area contributed by atoms with Crippen LogP contribution in [0.1, 0.15) is 42.1 Å². The number of nitrogens with zero attached hydrogens (tertiary/aromatic N) is 2. The predicted molar refractivity (Wildman–Crippen MR) is 115 cm³/mol. The van der Waals surface area contributed by atoms with Crippen LogP contribution < -0.4 is 9.04 Å². The molecule has 0 unspecified atom stereocenters. The van der Waals surface area contributed by atoms with E-state index in [4.69, 9.17) is 4.74 Å². The Hall–Kier alpha value is -2.61. The number of hydrogen-bond acceptors (Lipinski definition) is 4. The van der Waals surface area contributed by atoms with Crippen LogP contribution in [0.3, 0.4) is 0 Å². The first-order valence-corrected chi connectivity index (χ1v) is 11.9. The predicted octanol–water partition coefficient (Wildman–Crippen LogP) is 3.82. The Morgan fingerprint density at radius 2 is 1.77 bits per heavy atom. The maximum atomic E-state index is 13.3. The summed E-state index contributed by atoms with van der Waals surface area (Å²) < 4.78 is 45.1. The van der Waals surface area contributed by atoms with E-state index in [2.05, 4.69) is 0 Å². The molecular weight excluding hydrogens is 407 g/mol. The van der Waals surface area contributed by atoms with Crippen molar-refractivity contribution in [3.05, 3.63) is 59.4 Å². The highest BCUT2D eigenvalue weighted by Crippen LogP contribution is 2.28. The number of halogens is 1. The minimum Gasteiger partial charge on any atom is -0.494 e. The van der Waals surface area contributed by atoms with Gasteiger partial charge in [-0.05, 0) is 68.7 Å². The van der Waals surface area contributed by atoms with Gasteiger partial charge in [0.15, 0.2) is 0 Å². The second-order valence-corrected chi connectivity index (χ2v) is 9.26. The second-order valence-electron chi connectivity index (χ2n) is 7.35. The Morgan fingerprint density at radius 3 is 2.37 bits per heavy atom. The van der Waals surface area contributed by atoms with E-state index in [1.165, 1.54) is 28.6 Å². The van der Waals surface area contributed by atoms with Gasteiger partial charge in [-0.1, -0.05) is 0 Å². The number of carbonyl (C=O) groups excluding carboxylic acids is 1. The van der Waals surface area contributed by atoms with Crippen LogP contribution in [0.5, 0.6) is 5.75 Å². The second kappa shape index (κ2) is 9.47. The molecule has 1 amide bonds. The van der Waals surface area contributed by atoms with Crippen molar-refractivity contribution in [2.24, 2.45) is 0 Å². The fourth-order valence-electron chi connectivity index (χ4n) is 3.57. The monoisotopic (exact) mass is 434 g/mol. The number of hydrogen-bond donors (Lipinski definition) is 0. The zero-order valence-electron chi connectivity index (χ0n) is 17.3. The molecule has 0 aliphatic carbocycles. The molecule has 8 heteroatoms. The third-order valence-electron chi connectivity index (χ3n) is 5.08. The van der Waals surface area contributed by atoms with Crippen LogP contribution in [-0.2, 0) is 16.6 Å². The number of ether oxygens (including phenoxy) is 1. The summed E-state index contributed by atoms with van der Waals surface area (Å²) in [4.78, 5) is 14.8. The first kappa shape index (κ1) is 22.1. The van der Waals surface area contributed by atoms with E-state index in [1.54, 1.807) is 18.2 Å². The van der Waals surface area contributed by atoms with E-state index in [0.717, 1.165) is 38.6 Å². The number of anilines is 1. The van der Waals surface area contributed by atoms with Crippen LogP contribution in [0, 0.1) is 5.82 Å². The summed E-state index contributed by atoms with van der Waals surface area (Å²) in [5, 5.41) is 0. The van der Waals surface area contributed by atoms with Crippen molar-refractivity contribution in [3.63, 3.8) is 0 Å². The molecule has 0 atom stereocenters. The number of sulfonamides is 1. The van der Waals surface area contributed by atoms with Crippen LogP contribution in [0.15, 0.2) is 42.5 Å². The number of rotatable bonds is 7. The standard InChI is InChI=1S/C22H27FN2O4S/c1-3-29-21-12-7-17(22(26)24-13-5-4-6-14-24)15-18(21)16-25(30(2,27)28)20-10-8-19(23)9-11-20/h7-12,15H,3-6,13-14,16H2,1-2H3. The first-order valence-electron chi connectivity index (χ1n) is 10.1. The molecule has 0 aromatic heterocycles. The van der Waals surface area contributed by atoms with Gasteiger partial charge in [0, 0.05) is 24.2 Å². The van der Waals surface area contributed by atoms with E-state index in [1.807, 2.05) is 11.8 Å². The Bertz CT molecular complexity index is 987. The van der Waals surface area contributed by atoms with Crippen LogP contribution in [-0.4, -0.2) is 45.2 Å². The number of carbonyl (C=O) groups is 1. The summed E-state index contributed by atoms with van der Waals surface area (Å²) in [5.74, 6) is 0.00599. The highest BCUT2D eigenvalue weighted by molar-refractivity contribution is 7.92. The number of amides is 1. The Balaban J connectivity index is 1.96. The Labute approximate surface area is 177 Å². The van der Waals surface area contributed by atoms with Gasteiger partial charge >= 0.3 is 0 Å². The number of piperidine rings is 1. The largest absolute Gasteiger partial charge is 0.494 e. The molecule has 0 radical (unpaired) electrons. The van der Waals surface area contributed by atoms with E-state index in [9.17, 15) is 17.6 Å². The van der Waals surface area contributed by atoms with E-state index in [-0.39, 0.29) is 12.5 Å². The van der Waals surface area contributed by atoms with E-state index < -0.39 is 15.8 Å². The van der Waals surface area contributed by atoms with Crippen molar-refractivity contribution in [2.45, 2.75) is 32.7 Å². The fraction of sp³-hybridized carbons (Fsp3) is 0.409. The molecule has 0 saturated carbocycles. The highest BCUT2D eigenvalue weighted by atomic mass is 32.2. The molecule has 162 valence electrons. The van der Waals surface area contributed by atoms with Crippen LogP contribution >= 0.6 is 0 Å². The smallest absolute Gasteiger partial charge is 0.253 e. The van der Waals surface area contributed by atoms with Gasteiger partial charge in [0.1, 0.15) is 11.6 Å². The average Bonchev–Trinajstić information content (AvgIpc) is 2.73. The molecule has 0 bridgehead atoms.